The van der Waals surface area contributed by atoms with Crippen LogP contribution in [0.5, 0.6) is 0 Å². The highest BCUT2D eigenvalue weighted by Gasteiger charge is 2.43. The van der Waals surface area contributed by atoms with E-state index in [1.807, 2.05) is 0 Å². The average Bonchev–Trinajstić information content (AvgIpc) is 2.57. The summed E-state index contributed by atoms with van der Waals surface area (Å²) >= 11 is 6.13. The monoisotopic (exact) mass is 397 g/mol. The lowest BCUT2D eigenvalue weighted by molar-refractivity contribution is -0.0668. The Hall–Kier alpha value is -1.47. The summed E-state index contributed by atoms with van der Waals surface area (Å²) in [7, 11) is -3.67. The molecule has 0 saturated carbocycles. The maximum atomic E-state index is 14.1. The van der Waals surface area contributed by atoms with Gasteiger partial charge in [-0.05, 0) is 31.5 Å². The first-order chi connectivity index (χ1) is 12.2. The summed E-state index contributed by atoms with van der Waals surface area (Å²) in [6, 6.07) is 13.1. The summed E-state index contributed by atoms with van der Waals surface area (Å²) in [6.45, 7) is 3.83. The Morgan fingerprint density at radius 1 is 1.19 bits per heavy atom. The van der Waals surface area contributed by atoms with Crippen LogP contribution in [-0.2, 0) is 20.5 Å². The van der Waals surface area contributed by atoms with Crippen LogP contribution in [-0.4, -0.2) is 31.4 Å². The van der Waals surface area contributed by atoms with E-state index in [4.69, 9.17) is 16.3 Å². The van der Waals surface area contributed by atoms with Crippen LogP contribution in [0.4, 0.5) is 4.39 Å². The minimum atomic E-state index is -3.67. The quantitative estimate of drug-likeness (QED) is 0.778. The maximum Gasteiger partial charge on any atom is 0.219 e. The van der Waals surface area contributed by atoms with E-state index in [-0.39, 0.29) is 18.9 Å². The minimum absolute atomic E-state index is 0.0563. The fraction of sp³-hybridized carbons (Fsp3) is 0.368. The molecule has 0 aliphatic carbocycles. The second-order valence-electron chi connectivity index (χ2n) is 7.01. The summed E-state index contributed by atoms with van der Waals surface area (Å²) in [6.07, 6.45) is -0.648. The van der Waals surface area contributed by atoms with E-state index in [2.05, 4.69) is 0 Å². The molecule has 3 rings (SSSR count). The molecule has 26 heavy (non-hydrogen) atoms. The number of hydrogen-bond donors (Lipinski definition) is 0. The van der Waals surface area contributed by atoms with E-state index in [1.54, 1.807) is 56.3 Å². The number of sulfonamides is 1. The molecule has 1 fully saturated rings. The molecule has 0 amide bonds. The molecule has 0 spiro atoms. The standard InChI is InChI=1S/C19H21ClFNO3S/c1-19(2)13-25-18(15-8-4-6-10-17(15)21)11-22(19)26(23,24)12-14-7-3-5-9-16(14)20/h3-10,18H,11-13H2,1-2H3. The Kier molecular flexibility index (Phi) is 5.40. The van der Waals surface area contributed by atoms with Crippen molar-refractivity contribution in [2.24, 2.45) is 0 Å². The van der Waals surface area contributed by atoms with Crippen LogP contribution in [0.15, 0.2) is 48.5 Å². The Labute approximate surface area is 158 Å². The molecule has 1 aliphatic heterocycles. The number of hydrogen-bond acceptors (Lipinski definition) is 3. The van der Waals surface area contributed by atoms with Crippen LogP contribution >= 0.6 is 11.6 Å². The second kappa shape index (κ2) is 7.27. The van der Waals surface area contributed by atoms with Gasteiger partial charge in [-0.25, -0.2) is 12.8 Å². The molecular weight excluding hydrogens is 377 g/mol. The van der Waals surface area contributed by atoms with Crippen LogP contribution in [0.25, 0.3) is 0 Å². The summed E-state index contributed by atoms with van der Waals surface area (Å²) in [5.74, 6) is -0.610. The second-order valence-corrected chi connectivity index (χ2v) is 9.31. The Morgan fingerprint density at radius 2 is 1.85 bits per heavy atom. The number of ether oxygens (including phenoxy) is 1. The van der Waals surface area contributed by atoms with Gasteiger partial charge in [0, 0.05) is 17.1 Å². The first-order valence-electron chi connectivity index (χ1n) is 8.31. The van der Waals surface area contributed by atoms with Gasteiger partial charge in [-0.2, -0.15) is 4.31 Å². The van der Waals surface area contributed by atoms with Gasteiger partial charge in [0.15, 0.2) is 0 Å². The number of benzene rings is 2. The summed E-state index contributed by atoms with van der Waals surface area (Å²) in [4.78, 5) is 0. The average molecular weight is 398 g/mol. The number of nitrogens with zero attached hydrogens (tertiary/aromatic N) is 1. The highest BCUT2D eigenvalue weighted by Crippen LogP contribution is 2.34. The lowest BCUT2D eigenvalue weighted by Gasteiger charge is -2.44. The molecule has 2 aromatic carbocycles. The van der Waals surface area contributed by atoms with Crippen molar-refractivity contribution < 1.29 is 17.5 Å². The highest BCUT2D eigenvalue weighted by atomic mass is 35.5. The molecule has 0 N–H and O–H groups in total. The van der Waals surface area contributed by atoms with Crippen molar-refractivity contribution >= 4 is 21.6 Å². The van der Waals surface area contributed by atoms with Gasteiger partial charge in [0.2, 0.25) is 10.0 Å². The van der Waals surface area contributed by atoms with Gasteiger partial charge in [0.25, 0.3) is 0 Å². The van der Waals surface area contributed by atoms with E-state index in [9.17, 15) is 12.8 Å². The van der Waals surface area contributed by atoms with Gasteiger partial charge in [-0.3, -0.25) is 0 Å². The molecule has 1 aliphatic rings. The first-order valence-corrected chi connectivity index (χ1v) is 10.3. The van der Waals surface area contributed by atoms with Gasteiger partial charge < -0.3 is 4.74 Å². The third-order valence-corrected chi connectivity index (χ3v) is 6.89. The van der Waals surface area contributed by atoms with Gasteiger partial charge in [-0.15, -0.1) is 0 Å². The van der Waals surface area contributed by atoms with Gasteiger partial charge in [0.05, 0.1) is 24.0 Å². The zero-order chi connectivity index (χ0) is 18.9. The third-order valence-electron chi connectivity index (χ3n) is 4.53. The van der Waals surface area contributed by atoms with E-state index in [0.717, 1.165) is 0 Å². The van der Waals surface area contributed by atoms with Crippen LogP contribution in [0, 0.1) is 5.82 Å². The molecule has 2 aromatic rings. The number of morpholine rings is 1. The fourth-order valence-electron chi connectivity index (χ4n) is 3.13. The predicted octanol–water partition coefficient (Wildman–Crippen LogP) is 4.16. The van der Waals surface area contributed by atoms with Crippen molar-refractivity contribution in [2.75, 3.05) is 13.2 Å². The van der Waals surface area contributed by atoms with Crippen LogP contribution in [0.1, 0.15) is 31.1 Å². The summed E-state index contributed by atoms with van der Waals surface area (Å²) in [5.41, 5.74) is 0.168. The van der Waals surface area contributed by atoms with Crippen molar-refractivity contribution in [3.63, 3.8) is 0 Å². The largest absolute Gasteiger partial charge is 0.370 e. The van der Waals surface area contributed by atoms with Crippen molar-refractivity contribution in [2.45, 2.75) is 31.2 Å². The summed E-state index contributed by atoms with van der Waals surface area (Å²) < 4.78 is 47.5. The molecule has 0 bridgehead atoms. The summed E-state index contributed by atoms with van der Waals surface area (Å²) in [5, 5.41) is 0.410. The highest BCUT2D eigenvalue weighted by molar-refractivity contribution is 7.88. The lowest BCUT2D eigenvalue weighted by atomic mass is 10.0. The van der Waals surface area contributed by atoms with Crippen LogP contribution < -0.4 is 0 Å². The SMILES string of the molecule is CC1(C)COC(c2ccccc2F)CN1S(=O)(=O)Cc1ccccc1Cl. The maximum absolute atomic E-state index is 14.1. The molecule has 1 heterocycles. The molecule has 140 valence electrons. The van der Waals surface area contributed by atoms with Gasteiger partial charge in [-0.1, -0.05) is 48.0 Å². The van der Waals surface area contributed by atoms with E-state index >= 15 is 0 Å². The van der Waals surface area contributed by atoms with E-state index in [0.29, 0.717) is 16.1 Å². The Morgan fingerprint density at radius 3 is 2.54 bits per heavy atom. The Bertz CT molecular complexity index is 901. The molecule has 7 heteroatoms. The topological polar surface area (TPSA) is 46.6 Å². The molecule has 1 atom stereocenters. The van der Waals surface area contributed by atoms with Crippen LogP contribution in [0.3, 0.4) is 0 Å². The normalized spacial score (nSPS) is 20.8. The first kappa shape index (κ1) is 19.3. The van der Waals surface area contributed by atoms with Gasteiger partial charge in [0.1, 0.15) is 5.82 Å². The van der Waals surface area contributed by atoms with Gasteiger partial charge >= 0.3 is 0 Å². The van der Waals surface area contributed by atoms with E-state index < -0.39 is 27.5 Å². The number of halogens is 2. The van der Waals surface area contributed by atoms with Crippen molar-refractivity contribution in [3.05, 3.63) is 70.5 Å². The lowest BCUT2D eigenvalue weighted by Crippen LogP contribution is -2.56. The molecule has 0 aromatic heterocycles. The molecule has 0 radical (unpaired) electrons. The molecule has 4 nitrogen and oxygen atoms in total. The molecular formula is C19H21ClFNO3S. The molecule has 1 unspecified atom stereocenters. The van der Waals surface area contributed by atoms with Crippen LogP contribution in [0.2, 0.25) is 5.02 Å². The minimum Gasteiger partial charge on any atom is -0.370 e. The Balaban J connectivity index is 1.90. The van der Waals surface area contributed by atoms with Crippen molar-refractivity contribution in [1.82, 2.24) is 4.31 Å². The van der Waals surface area contributed by atoms with E-state index in [1.165, 1.54) is 10.4 Å². The van der Waals surface area contributed by atoms with Crippen molar-refractivity contribution in [3.8, 4) is 0 Å². The fourth-order valence-corrected chi connectivity index (χ4v) is 5.38. The molecule has 1 saturated heterocycles. The number of rotatable bonds is 4. The van der Waals surface area contributed by atoms with Crippen molar-refractivity contribution in [1.29, 1.82) is 0 Å². The third kappa shape index (κ3) is 3.93. The predicted molar refractivity (Wildman–Crippen MR) is 100.0 cm³/mol. The zero-order valence-corrected chi connectivity index (χ0v) is 16.2. The smallest absolute Gasteiger partial charge is 0.219 e. The zero-order valence-electron chi connectivity index (χ0n) is 14.7.